The molecule has 0 aromatic heterocycles. The summed E-state index contributed by atoms with van der Waals surface area (Å²) in [6.07, 6.45) is 0. The van der Waals surface area contributed by atoms with Gasteiger partial charge in [-0.3, -0.25) is 0 Å². The van der Waals surface area contributed by atoms with Gasteiger partial charge in [0, 0.05) is 33.9 Å². The Labute approximate surface area is 96.2 Å². The van der Waals surface area contributed by atoms with E-state index in [0.717, 1.165) is 11.4 Å². The normalized spacial score (nSPS) is 9.60. The molecular weight excluding hydrogens is 208 g/mol. The number of rotatable bonds is 2. The highest BCUT2D eigenvalue weighted by Crippen LogP contribution is 2.17. The first-order valence-corrected chi connectivity index (χ1v) is 5.08. The smallest absolute Gasteiger partial charge is 0.264 e. The summed E-state index contributed by atoms with van der Waals surface area (Å²) in [7, 11) is 7.72. The van der Waals surface area contributed by atoms with Gasteiger partial charge in [0.1, 0.15) is 5.75 Å². The van der Waals surface area contributed by atoms with E-state index in [2.05, 4.69) is 0 Å². The lowest BCUT2D eigenvalue weighted by molar-refractivity contribution is 0.449. The van der Waals surface area contributed by atoms with Crippen LogP contribution in [-0.2, 0) is 0 Å². The molecule has 0 bridgehead atoms. The second-order valence-corrected chi connectivity index (χ2v) is 4.00. The Morgan fingerprint density at radius 2 is 1.60 bits per heavy atom. The van der Waals surface area contributed by atoms with Crippen molar-refractivity contribution in [1.82, 2.24) is 4.90 Å². The summed E-state index contributed by atoms with van der Waals surface area (Å²) >= 11 is 5.04. The number of nitrogens with zero attached hydrogens (tertiary/aromatic N) is 2. The van der Waals surface area contributed by atoms with Crippen molar-refractivity contribution < 1.29 is 4.74 Å². The van der Waals surface area contributed by atoms with Crippen molar-refractivity contribution in [3.8, 4) is 5.75 Å². The van der Waals surface area contributed by atoms with E-state index in [9.17, 15) is 0 Å². The van der Waals surface area contributed by atoms with Crippen LogP contribution in [0.25, 0.3) is 0 Å². The SMILES string of the molecule is CN(C)C(=S)Oc1ccc(N(C)C)cc1. The summed E-state index contributed by atoms with van der Waals surface area (Å²) in [5, 5.41) is 0.465. The molecule has 0 fully saturated rings. The van der Waals surface area contributed by atoms with Gasteiger partial charge in [0.05, 0.1) is 0 Å². The van der Waals surface area contributed by atoms with E-state index in [1.165, 1.54) is 0 Å². The van der Waals surface area contributed by atoms with Gasteiger partial charge in [0.15, 0.2) is 0 Å². The predicted octanol–water partition coefficient (Wildman–Crippen LogP) is 1.98. The first-order chi connectivity index (χ1) is 7.00. The third kappa shape index (κ3) is 3.40. The Morgan fingerprint density at radius 1 is 1.07 bits per heavy atom. The van der Waals surface area contributed by atoms with Gasteiger partial charge in [-0.2, -0.15) is 0 Å². The lowest BCUT2D eigenvalue weighted by Gasteiger charge is -2.15. The monoisotopic (exact) mass is 224 g/mol. The minimum absolute atomic E-state index is 0.465. The molecule has 0 saturated heterocycles. The molecule has 0 amide bonds. The fourth-order valence-corrected chi connectivity index (χ4v) is 1.10. The molecule has 15 heavy (non-hydrogen) atoms. The molecule has 0 spiro atoms. The van der Waals surface area contributed by atoms with Crippen LogP contribution in [0.1, 0.15) is 0 Å². The second kappa shape index (κ2) is 4.98. The number of ether oxygens (including phenoxy) is 1. The van der Waals surface area contributed by atoms with Crippen LogP contribution in [-0.4, -0.2) is 38.3 Å². The van der Waals surface area contributed by atoms with Crippen LogP contribution in [0.2, 0.25) is 0 Å². The molecule has 82 valence electrons. The van der Waals surface area contributed by atoms with Crippen molar-refractivity contribution in [3.63, 3.8) is 0 Å². The second-order valence-electron chi connectivity index (χ2n) is 3.65. The maximum absolute atomic E-state index is 5.45. The Morgan fingerprint density at radius 3 is 2.00 bits per heavy atom. The molecule has 0 unspecified atom stereocenters. The zero-order valence-electron chi connectivity index (χ0n) is 9.52. The molecule has 0 atom stereocenters. The third-order valence-corrected chi connectivity index (χ3v) is 2.37. The molecule has 0 saturated carbocycles. The average Bonchev–Trinajstić information content (AvgIpc) is 2.18. The first kappa shape index (κ1) is 11.8. The van der Waals surface area contributed by atoms with E-state index in [4.69, 9.17) is 17.0 Å². The molecule has 1 rings (SSSR count). The van der Waals surface area contributed by atoms with Crippen LogP contribution in [0.5, 0.6) is 5.75 Å². The largest absolute Gasteiger partial charge is 0.432 e. The molecule has 1 aromatic rings. The number of hydrogen-bond acceptors (Lipinski definition) is 3. The Balaban J connectivity index is 2.69. The van der Waals surface area contributed by atoms with Crippen molar-refractivity contribution in [1.29, 1.82) is 0 Å². The van der Waals surface area contributed by atoms with E-state index < -0.39 is 0 Å². The topological polar surface area (TPSA) is 15.7 Å². The third-order valence-electron chi connectivity index (χ3n) is 1.92. The summed E-state index contributed by atoms with van der Waals surface area (Å²) in [5.41, 5.74) is 1.14. The Kier molecular flexibility index (Phi) is 3.91. The number of anilines is 1. The summed E-state index contributed by atoms with van der Waals surface area (Å²) in [6.45, 7) is 0. The zero-order chi connectivity index (χ0) is 11.4. The molecule has 0 aliphatic carbocycles. The molecule has 3 nitrogen and oxygen atoms in total. The summed E-state index contributed by atoms with van der Waals surface area (Å²) in [6, 6.07) is 7.80. The van der Waals surface area contributed by atoms with Gasteiger partial charge in [0.2, 0.25) is 0 Å². The molecular formula is C11H16N2OS. The fourth-order valence-electron chi connectivity index (χ4n) is 1.00. The quantitative estimate of drug-likeness (QED) is 0.713. The minimum Gasteiger partial charge on any atom is -0.432 e. The van der Waals surface area contributed by atoms with Crippen LogP contribution in [0, 0.1) is 0 Å². The highest BCUT2D eigenvalue weighted by Gasteiger charge is 2.02. The van der Waals surface area contributed by atoms with Crippen molar-refractivity contribution >= 4 is 23.1 Å². The highest BCUT2D eigenvalue weighted by atomic mass is 32.1. The van der Waals surface area contributed by atoms with E-state index in [1.807, 2.05) is 57.4 Å². The fraction of sp³-hybridized carbons (Fsp3) is 0.364. The van der Waals surface area contributed by atoms with Crippen molar-refractivity contribution in [3.05, 3.63) is 24.3 Å². The van der Waals surface area contributed by atoms with Crippen LogP contribution in [0.4, 0.5) is 5.69 Å². The minimum atomic E-state index is 0.465. The van der Waals surface area contributed by atoms with E-state index in [0.29, 0.717) is 5.17 Å². The van der Waals surface area contributed by atoms with Crippen molar-refractivity contribution in [2.45, 2.75) is 0 Å². The Bertz CT molecular complexity index is 333. The first-order valence-electron chi connectivity index (χ1n) is 4.67. The summed E-state index contributed by atoms with van der Waals surface area (Å²) < 4.78 is 5.45. The maximum Gasteiger partial charge on any atom is 0.264 e. The standard InChI is InChI=1S/C11H16N2OS/c1-12(2)9-5-7-10(8-6-9)14-11(15)13(3)4/h5-8H,1-4H3. The van der Waals surface area contributed by atoms with E-state index in [1.54, 1.807) is 4.90 Å². The molecule has 0 radical (unpaired) electrons. The van der Waals surface area contributed by atoms with E-state index >= 15 is 0 Å². The van der Waals surface area contributed by atoms with Crippen molar-refractivity contribution in [2.24, 2.45) is 0 Å². The maximum atomic E-state index is 5.45. The molecule has 0 aliphatic heterocycles. The number of hydrogen-bond donors (Lipinski definition) is 0. The van der Waals surface area contributed by atoms with Crippen LogP contribution in [0.3, 0.4) is 0 Å². The van der Waals surface area contributed by atoms with Gasteiger partial charge in [-0.1, -0.05) is 0 Å². The average molecular weight is 224 g/mol. The van der Waals surface area contributed by atoms with Gasteiger partial charge in [0.25, 0.3) is 5.17 Å². The van der Waals surface area contributed by atoms with Gasteiger partial charge >= 0.3 is 0 Å². The predicted molar refractivity (Wildman–Crippen MR) is 67.7 cm³/mol. The van der Waals surface area contributed by atoms with Gasteiger partial charge in [-0.25, -0.2) is 0 Å². The van der Waals surface area contributed by atoms with Crippen LogP contribution in [0.15, 0.2) is 24.3 Å². The molecule has 4 heteroatoms. The number of benzene rings is 1. The zero-order valence-corrected chi connectivity index (χ0v) is 10.3. The van der Waals surface area contributed by atoms with Crippen molar-refractivity contribution in [2.75, 3.05) is 33.1 Å². The summed E-state index contributed by atoms with van der Waals surface area (Å²) in [5.74, 6) is 0.763. The van der Waals surface area contributed by atoms with Gasteiger partial charge in [-0.15, -0.1) is 0 Å². The molecule has 0 heterocycles. The van der Waals surface area contributed by atoms with Crippen LogP contribution < -0.4 is 9.64 Å². The molecule has 0 aliphatic rings. The van der Waals surface area contributed by atoms with Crippen LogP contribution >= 0.6 is 12.2 Å². The Hall–Kier alpha value is -1.29. The van der Waals surface area contributed by atoms with Gasteiger partial charge < -0.3 is 14.5 Å². The molecule has 0 N–H and O–H groups in total. The number of thiocarbonyl (C=S) groups is 1. The van der Waals surface area contributed by atoms with Gasteiger partial charge in [-0.05, 0) is 36.5 Å². The highest BCUT2D eigenvalue weighted by molar-refractivity contribution is 7.80. The van der Waals surface area contributed by atoms with E-state index in [-0.39, 0.29) is 0 Å². The lowest BCUT2D eigenvalue weighted by Crippen LogP contribution is -2.24. The lowest BCUT2D eigenvalue weighted by atomic mass is 10.3. The molecule has 1 aromatic carbocycles. The summed E-state index contributed by atoms with van der Waals surface area (Å²) in [4.78, 5) is 3.79.